The van der Waals surface area contributed by atoms with Gasteiger partial charge in [-0.15, -0.1) is 0 Å². The minimum atomic E-state index is -0.303. The predicted molar refractivity (Wildman–Crippen MR) is 89.9 cm³/mol. The van der Waals surface area contributed by atoms with E-state index < -0.39 is 0 Å². The number of anilines is 1. The third kappa shape index (κ3) is 3.43. The molecule has 0 aliphatic carbocycles. The van der Waals surface area contributed by atoms with E-state index in [2.05, 4.69) is 25.3 Å². The molecule has 0 radical (unpaired) electrons. The molecule has 4 rings (SSSR count). The highest BCUT2D eigenvalue weighted by Gasteiger charge is 2.44. The maximum atomic E-state index is 12.6. The molecule has 25 heavy (non-hydrogen) atoms. The predicted octanol–water partition coefficient (Wildman–Crippen LogP) is 1.14. The molecule has 8 nitrogen and oxygen atoms in total. The zero-order valence-corrected chi connectivity index (χ0v) is 13.8. The third-order valence-corrected chi connectivity index (χ3v) is 4.72. The summed E-state index contributed by atoms with van der Waals surface area (Å²) in [6.07, 6.45) is 10.7. The van der Waals surface area contributed by atoms with Crippen molar-refractivity contribution in [3.8, 4) is 0 Å². The Balaban J connectivity index is 1.42. The minimum Gasteiger partial charge on any atom is -0.371 e. The molecule has 130 valence electrons. The van der Waals surface area contributed by atoms with Crippen LogP contribution in [0.1, 0.15) is 29.8 Å². The van der Waals surface area contributed by atoms with Crippen molar-refractivity contribution in [3.63, 3.8) is 0 Å². The first-order valence-electron chi connectivity index (χ1n) is 8.47. The summed E-state index contributed by atoms with van der Waals surface area (Å²) in [5.74, 6) is 0.523. The SMILES string of the molecule is O=C(c1cnccn1)N1CCCC2(CC(Nc3ncccn3)CO2)C1. The van der Waals surface area contributed by atoms with Crippen molar-refractivity contribution >= 4 is 11.9 Å². The monoisotopic (exact) mass is 340 g/mol. The lowest BCUT2D eigenvalue weighted by molar-refractivity contribution is -0.0448. The van der Waals surface area contributed by atoms with Crippen LogP contribution >= 0.6 is 0 Å². The van der Waals surface area contributed by atoms with Crippen LogP contribution in [-0.4, -0.2) is 62.1 Å². The average molecular weight is 340 g/mol. The lowest BCUT2D eigenvalue weighted by Crippen LogP contribution is -2.50. The molecular weight excluding hydrogens is 320 g/mol. The van der Waals surface area contributed by atoms with Crippen LogP contribution in [0.15, 0.2) is 37.1 Å². The fourth-order valence-electron chi connectivity index (χ4n) is 3.62. The van der Waals surface area contributed by atoms with Gasteiger partial charge in [-0.3, -0.25) is 9.78 Å². The number of hydrogen-bond acceptors (Lipinski definition) is 7. The summed E-state index contributed by atoms with van der Waals surface area (Å²) in [5.41, 5.74) is 0.0765. The number of nitrogens with one attached hydrogen (secondary N) is 1. The van der Waals surface area contributed by atoms with Gasteiger partial charge in [0.15, 0.2) is 0 Å². The molecule has 1 spiro atoms. The number of rotatable bonds is 3. The second kappa shape index (κ2) is 6.72. The van der Waals surface area contributed by atoms with E-state index in [-0.39, 0.29) is 17.6 Å². The van der Waals surface area contributed by atoms with E-state index >= 15 is 0 Å². The van der Waals surface area contributed by atoms with E-state index in [0.717, 1.165) is 25.8 Å². The number of hydrogen-bond donors (Lipinski definition) is 1. The quantitative estimate of drug-likeness (QED) is 0.895. The van der Waals surface area contributed by atoms with Crippen molar-refractivity contribution in [2.45, 2.75) is 30.9 Å². The number of nitrogens with zero attached hydrogens (tertiary/aromatic N) is 5. The Bertz CT molecular complexity index is 728. The van der Waals surface area contributed by atoms with Crippen LogP contribution in [0.2, 0.25) is 0 Å². The number of amides is 1. The summed E-state index contributed by atoms with van der Waals surface area (Å²) in [4.78, 5) is 31.0. The van der Waals surface area contributed by atoms with Gasteiger partial charge < -0.3 is 15.0 Å². The van der Waals surface area contributed by atoms with Gasteiger partial charge in [0.25, 0.3) is 5.91 Å². The second-order valence-electron chi connectivity index (χ2n) is 6.53. The summed E-state index contributed by atoms with van der Waals surface area (Å²) in [6.45, 7) is 1.89. The molecule has 8 heteroatoms. The fraction of sp³-hybridized carbons (Fsp3) is 0.471. The van der Waals surface area contributed by atoms with Crippen LogP contribution in [0.25, 0.3) is 0 Å². The Hall–Kier alpha value is -2.61. The Morgan fingerprint density at radius 2 is 2.12 bits per heavy atom. The summed E-state index contributed by atoms with van der Waals surface area (Å²) >= 11 is 0. The Morgan fingerprint density at radius 3 is 2.92 bits per heavy atom. The Labute approximate surface area is 145 Å². The number of likely N-dealkylation sites (tertiary alicyclic amines) is 1. The van der Waals surface area contributed by atoms with E-state index in [1.807, 2.05) is 4.90 Å². The molecule has 2 aliphatic heterocycles. The molecule has 0 saturated carbocycles. The van der Waals surface area contributed by atoms with Crippen molar-refractivity contribution < 1.29 is 9.53 Å². The smallest absolute Gasteiger partial charge is 0.274 e. The largest absolute Gasteiger partial charge is 0.371 e. The average Bonchev–Trinajstić information content (AvgIpc) is 3.04. The zero-order valence-electron chi connectivity index (χ0n) is 13.8. The van der Waals surface area contributed by atoms with E-state index in [1.165, 1.54) is 6.20 Å². The highest BCUT2D eigenvalue weighted by molar-refractivity contribution is 5.92. The van der Waals surface area contributed by atoms with Crippen molar-refractivity contribution in [2.75, 3.05) is 25.0 Å². The molecule has 2 atom stereocenters. The van der Waals surface area contributed by atoms with Crippen LogP contribution in [0.3, 0.4) is 0 Å². The molecule has 2 saturated heterocycles. The summed E-state index contributed by atoms with van der Waals surface area (Å²) in [6, 6.07) is 1.93. The highest BCUT2D eigenvalue weighted by atomic mass is 16.5. The lowest BCUT2D eigenvalue weighted by Gasteiger charge is -2.39. The molecule has 1 N–H and O–H groups in total. The van der Waals surface area contributed by atoms with Crippen LogP contribution in [0, 0.1) is 0 Å². The molecule has 1 amide bonds. The number of carbonyl (C=O) groups excluding carboxylic acids is 1. The molecule has 2 unspecified atom stereocenters. The third-order valence-electron chi connectivity index (χ3n) is 4.72. The first-order valence-corrected chi connectivity index (χ1v) is 8.47. The van der Waals surface area contributed by atoms with Crippen molar-refractivity contribution in [3.05, 3.63) is 42.7 Å². The topological polar surface area (TPSA) is 93.1 Å². The standard InChI is InChI=1S/C17H20N6O2/c24-15(14-10-18-6-7-19-14)23-8-1-3-17(12-23)9-13(11-25-17)22-16-20-4-2-5-21-16/h2,4-7,10,13H,1,3,8-9,11-12H2,(H,20,21,22). The second-order valence-corrected chi connectivity index (χ2v) is 6.53. The Kier molecular flexibility index (Phi) is 4.27. The molecule has 2 aromatic heterocycles. The molecular formula is C17H20N6O2. The van der Waals surface area contributed by atoms with Crippen molar-refractivity contribution in [2.24, 2.45) is 0 Å². The van der Waals surface area contributed by atoms with Gasteiger partial charge in [0.2, 0.25) is 5.95 Å². The van der Waals surface area contributed by atoms with Gasteiger partial charge in [-0.1, -0.05) is 0 Å². The van der Waals surface area contributed by atoms with Crippen molar-refractivity contribution in [1.29, 1.82) is 0 Å². The van der Waals surface area contributed by atoms with Gasteiger partial charge in [-0.2, -0.15) is 0 Å². The number of aromatic nitrogens is 4. The maximum absolute atomic E-state index is 12.6. The van der Waals surface area contributed by atoms with Crippen LogP contribution < -0.4 is 5.32 Å². The van der Waals surface area contributed by atoms with Crippen LogP contribution in [0.4, 0.5) is 5.95 Å². The minimum absolute atomic E-state index is 0.0847. The van der Waals surface area contributed by atoms with Gasteiger partial charge in [-0.25, -0.2) is 15.0 Å². The highest BCUT2D eigenvalue weighted by Crippen LogP contribution is 2.35. The number of carbonyl (C=O) groups is 1. The summed E-state index contributed by atoms with van der Waals surface area (Å²) in [5, 5.41) is 3.32. The molecule has 2 fully saturated rings. The van der Waals surface area contributed by atoms with E-state index in [1.54, 1.807) is 30.9 Å². The summed E-state index contributed by atoms with van der Waals surface area (Å²) in [7, 11) is 0. The van der Waals surface area contributed by atoms with Gasteiger partial charge in [0.1, 0.15) is 5.69 Å². The first kappa shape index (κ1) is 15.9. The number of piperidine rings is 1. The van der Waals surface area contributed by atoms with Gasteiger partial charge in [0.05, 0.1) is 31.0 Å². The molecule has 0 bridgehead atoms. The van der Waals surface area contributed by atoms with E-state index in [0.29, 0.717) is 24.8 Å². The first-order chi connectivity index (χ1) is 12.2. The zero-order chi connectivity index (χ0) is 17.1. The molecule has 2 aliphatic rings. The van der Waals surface area contributed by atoms with Crippen LogP contribution in [-0.2, 0) is 4.74 Å². The molecule has 0 aromatic carbocycles. The summed E-state index contributed by atoms with van der Waals surface area (Å²) < 4.78 is 6.13. The van der Waals surface area contributed by atoms with Gasteiger partial charge >= 0.3 is 0 Å². The normalized spacial score (nSPS) is 25.9. The van der Waals surface area contributed by atoms with E-state index in [9.17, 15) is 4.79 Å². The van der Waals surface area contributed by atoms with Gasteiger partial charge in [0, 0.05) is 37.8 Å². The number of ether oxygens (including phenoxy) is 1. The lowest BCUT2D eigenvalue weighted by atomic mass is 9.88. The molecule has 2 aromatic rings. The maximum Gasteiger partial charge on any atom is 0.274 e. The Morgan fingerprint density at radius 1 is 1.24 bits per heavy atom. The van der Waals surface area contributed by atoms with Gasteiger partial charge in [-0.05, 0) is 18.9 Å². The van der Waals surface area contributed by atoms with E-state index in [4.69, 9.17) is 4.74 Å². The molecule has 4 heterocycles. The fourth-order valence-corrected chi connectivity index (χ4v) is 3.62. The van der Waals surface area contributed by atoms with Crippen molar-refractivity contribution in [1.82, 2.24) is 24.8 Å². The van der Waals surface area contributed by atoms with Crippen LogP contribution in [0.5, 0.6) is 0 Å².